The highest BCUT2D eigenvalue weighted by molar-refractivity contribution is 8.93. The fourth-order valence-corrected chi connectivity index (χ4v) is 2.23. The molecule has 0 unspecified atom stereocenters. The maximum absolute atomic E-state index is 10.6. The van der Waals surface area contributed by atoms with E-state index in [2.05, 4.69) is 48.5 Å². The van der Waals surface area contributed by atoms with Gasteiger partial charge < -0.3 is 10.2 Å². The van der Waals surface area contributed by atoms with Crippen molar-refractivity contribution in [2.45, 2.75) is 6.92 Å². The molecule has 124 valence electrons. The first-order chi connectivity index (χ1) is 11.0. The summed E-state index contributed by atoms with van der Waals surface area (Å²) < 4.78 is 0. The van der Waals surface area contributed by atoms with E-state index in [1.807, 2.05) is 0 Å². The zero-order chi connectivity index (χ0) is 16.8. The minimum atomic E-state index is -1.11. The number of fused-ring (bicyclic) bond motifs is 1. The van der Waals surface area contributed by atoms with E-state index in [0.29, 0.717) is 0 Å². The molecule has 0 spiro atoms. The topological polar surface area (TPSA) is 74.6 Å². The van der Waals surface area contributed by atoms with Gasteiger partial charge >= 0.3 is 11.9 Å². The molecule has 5 heteroatoms. The SMILES string of the molecule is Br.Cc1c(C(=O)O)cccc1C(=O)O.c1ccc2ccccc2c1. The molecule has 0 amide bonds. The number of rotatable bonds is 2. The van der Waals surface area contributed by atoms with Crippen molar-refractivity contribution in [1.29, 1.82) is 0 Å². The zero-order valence-corrected chi connectivity index (χ0v) is 14.7. The first-order valence-electron chi connectivity index (χ1n) is 7.00. The highest BCUT2D eigenvalue weighted by atomic mass is 79.9. The molecule has 0 aliphatic heterocycles. The number of carboxylic acid groups (broad SMARTS) is 2. The summed E-state index contributed by atoms with van der Waals surface area (Å²) in [5.41, 5.74) is 0.335. The fraction of sp³-hybridized carbons (Fsp3) is 0.0526. The van der Waals surface area contributed by atoms with Crippen molar-refractivity contribution in [3.8, 4) is 0 Å². The lowest BCUT2D eigenvalue weighted by Gasteiger charge is -2.03. The first-order valence-corrected chi connectivity index (χ1v) is 7.00. The van der Waals surface area contributed by atoms with Gasteiger partial charge in [-0.15, -0.1) is 17.0 Å². The van der Waals surface area contributed by atoms with Crippen LogP contribution in [0.2, 0.25) is 0 Å². The van der Waals surface area contributed by atoms with E-state index in [4.69, 9.17) is 10.2 Å². The second kappa shape index (κ2) is 8.84. The molecule has 3 rings (SSSR count). The highest BCUT2D eigenvalue weighted by Gasteiger charge is 2.13. The lowest BCUT2D eigenvalue weighted by atomic mass is 10.0. The third-order valence-electron chi connectivity index (χ3n) is 3.45. The van der Waals surface area contributed by atoms with Gasteiger partial charge in [-0.3, -0.25) is 0 Å². The van der Waals surface area contributed by atoms with Crippen LogP contribution in [-0.2, 0) is 0 Å². The molecule has 4 nitrogen and oxygen atoms in total. The maximum atomic E-state index is 10.6. The molecule has 0 saturated heterocycles. The average Bonchev–Trinajstić information content (AvgIpc) is 2.55. The van der Waals surface area contributed by atoms with Gasteiger partial charge in [0.2, 0.25) is 0 Å². The Morgan fingerprint density at radius 3 is 1.29 bits per heavy atom. The lowest BCUT2D eigenvalue weighted by molar-refractivity contribution is 0.0696. The normalized spacial score (nSPS) is 9.38. The highest BCUT2D eigenvalue weighted by Crippen LogP contribution is 2.13. The summed E-state index contributed by atoms with van der Waals surface area (Å²) in [7, 11) is 0. The molecular formula is C19H17BrO4. The van der Waals surface area contributed by atoms with Gasteiger partial charge in [0.1, 0.15) is 0 Å². The average molecular weight is 389 g/mol. The third kappa shape index (κ3) is 4.67. The van der Waals surface area contributed by atoms with Crippen LogP contribution in [0.3, 0.4) is 0 Å². The second-order valence-corrected chi connectivity index (χ2v) is 4.94. The molecule has 24 heavy (non-hydrogen) atoms. The summed E-state index contributed by atoms with van der Waals surface area (Å²) in [5, 5.41) is 20.0. The first kappa shape index (κ1) is 19.4. The minimum Gasteiger partial charge on any atom is -0.478 e. The number of carbonyl (C=O) groups is 2. The fourth-order valence-electron chi connectivity index (χ4n) is 2.23. The minimum absolute atomic E-state index is 0. The van der Waals surface area contributed by atoms with Gasteiger partial charge in [-0.2, -0.15) is 0 Å². The van der Waals surface area contributed by atoms with Crippen LogP contribution in [0, 0.1) is 6.92 Å². The van der Waals surface area contributed by atoms with Crippen molar-refractivity contribution in [2.24, 2.45) is 0 Å². The number of hydrogen-bond donors (Lipinski definition) is 2. The number of benzene rings is 3. The van der Waals surface area contributed by atoms with Crippen molar-refractivity contribution in [2.75, 3.05) is 0 Å². The van der Waals surface area contributed by atoms with E-state index >= 15 is 0 Å². The standard InChI is InChI=1S/C10H8.C9H8O4.BrH/c1-2-6-10-8-4-3-7-9(10)5-1;1-5-6(8(10)11)3-2-4-7(5)9(12)13;/h1-8H;2-4H,1H3,(H,10,11)(H,12,13);1H. The van der Waals surface area contributed by atoms with E-state index in [-0.39, 0.29) is 33.7 Å². The quantitative estimate of drug-likeness (QED) is 0.660. The molecule has 2 N–H and O–H groups in total. The van der Waals surface area contributed by atoms with Crippen LogP contribution in [0.15, 0.2) is 66.7 Å². The Kier molecular flexibility index (Phi) is 7.14. The van der Waals surface area contributed by atoms with Crippen LogP contribution in [0.4, 0.5) is 0 Å². The van der Waals surface area contributed by atoms with Crippen LogP contribution in [0.1, 0.15) is 26.3 Å². The molecule has 3 aromatic carbocycles. The van der Waals surface area contributed by atoms with Crippen molar-refractivity contribution in [1.82, 2.24) is 0 Å². The maximum Gasteiger partial charge on any atom is 0.335 e. The molecule has 3 aromatic rings. The van der Waals surface area contributed by atoms with Gasteiger partial charge in [0, 0.05) is 0 Å². The smallest absolute Gasteiger partial charge is 0.335 e. The Bertz CT molecular complexity index is 761. The number of hydrogen-bond acceptors (Lipinski definition) is 2. The van der Waals surface area contributed by atoms with E-state index in [1.54, 1.807) is 0 Å². The van der Waals surface area contributed by atoms with E-state index in [0.717, 1.165) is 0 Å². The molecule has 0 aliphatic rings. The Hall–Kier alpha value is -2.66. The van der Waals surface area contributed by atoms with E-state index in [9.17, 15) is 9.59 Å². The largest absolute Gasteiger partial charge is 0.478 e. The molecule has 0 atom stereocenters. The van der Waals surface area contributed by atoms with Crippen LogP contribution >= 0.6 is 17.0 Å². The van der Waals surface area contributed by atoms with Gasteiger partial charge in [-0.1, -0.05) is 54.6 Å². The summed E-state index contributed by atoms with van der Waals surface area (Å²) in [6.45, 7) is 1.48. The molecule has 0 radical (unpaired) electrons. The van der Waals surface area contributed by atoms with Crippen molar-refractivity contribution in [3.63, 3.8) is 0 Å². The third-order valence-corrected chi connectivity index (χ3v) is 3.45. The molecule has 0 fully saturated rings. The lowest BCUT2D eigenvalue weighted by Crippen LogP contribution is -2.06. The predicted molar refractivity (Wildman–Crippen MR) is 99.4 cm³/mol. The number of halogens is 1. The van der Waals surface area contributed by atoms with Gasteiger partial charge in [0.15, 0.2) is 0 Å². The molecule has 0 saturated carbocycles. The van der Waals surface area contributed by atoms with Crippen molar-refractivity contribution < 1.29 is 19.8 Å². The van der Waals surface area contributed by atoms with Crippen LogP contribution in [0.25, 0.3) is 10.8 Å². The Morgan fingerprint density at radius 1 is 0.667 bits per heavy atom. The Balaban J connectivity index is 0.000000236. The van der Waals surface area contributed by atoms with E-state index in [1.165, 1.54) is 35.9 Å². The predicted octanol–water partition coefficient (Wildman–Crippen LogP) is 4.81. The summed E-state index contributed by atoms with van der Waals surface area (Å²) in [4.78, 5) is 21.2. The van der Waals surface area contributed by atoms with E-state index < -0.39 is 11.9 Å². The van der Waals surface area contributed by atoms with Crippen LogP contribution in [-0.4, -0.2) is 22.2 Å². The summed E-state index contributed by atoms with van der Waals surface area (Å²) in [5.74, 6) is -2.22. The van der Waals surface area contributed by atoms with Gasteiger partial charge in [-0.05, 0) is 35.4 Å². The molecule has 0 aromatic heterocycles. The van der Waals surface area contributed by atoms with Gasteiger partial charge in [0.05, 0.1) is 11.1 Å². The van der Waals surface area contributed by atoms with Gasteiger partial charge in [0.25, 0.3) is 0 Å². The van der Waals surface area contributed by atoms with Crippen LogP contribution in [0.5, 0.6) is 0 Å². The molecular weight excluding hydrogens is 372 g/mol. The molecule has 0 bridgehead atoms. The summed E-state index contributed by atoms with van der Waals surface area (Å²) in [6.07, 6.45) is 0. The zero-order valence-electron chi connectivity index (χ0n) is 13.0. The summed E-state index contributed by atoms with van der Waals surface area (Å²) in [6, 6.07) is 20.9. The van der Waals surface area contributed by atoms with Crippen LogP contribution < -0.4 is 0 Å². The van der Waals surface area contributed by atoms with Crippen molar-refractivity contribution in [3.05, 3.63) is 83.4 Å². The second-order valence-electron chi connectivity index (χ2n) is 4.94. The summed E-state index contributed by atoms with van der Waals surface area (Å²) >= 11 is 0. The monoisotopic (exact) mass is 388 g/mol. The van der Waals surface area contributed by atoms with Gasteiger partial charge in [-0.25, -0.2) is 9.59 Å². The Labute approximate surface area is 150 Å². The Morgan fingerprint density at radius 2 is 1.00 bits per heavy atom. The molecule has 0 aliphatic carbocycles. The number of aromatic carboxylic acids is 2. The van der Waals surface area contributed by atoms with Crippen molar-refractivity contribution >= 4 is 39.7 Å². The molecule has 0 heterocycles. The number of carboxylic acids is 2.